The molecule has 0 heterocycles. The molecular formula is C28H64IN4P. The van der Waals surface area contributed by atoms with Gasteiger partial charge in [-0.25, -0.2) is 0 Å². The van der Waals surface area contributed by atoms with Crippen LogP contribution < -0.4 is 24.0 Å². The van der Waals surface area contributed by atoms with E-state index in [1.54, 1.807) is 0 Å². The zero-order chi connectivity index (χ0) is 25.0. The number of hydrogen-bond acceptors (Lipinski definition) is 4. The smallest absolute Gasteiger partial charge is 0.308 e. The van der Waals surface area contributed by atoms with Crippen molar-refractivity contribution in [1.82, 2.24) is 18.7 Å². The molecule has 0 aliphatic heterocycles. The van der Waals surface area contributed by atoms with Gasteiger partial charge in [-0.2, -0.15) is 0 Å². The molecule has 0 N–H and O–H groups in total. The van der Waals surface area contributed by atoms with E-state index in [0.717, 1.165) is 0 Å². The first-order chi connectivity index (χ1) is 16.1. The third kappa shape index (κ3) is 12.0. The third-order valence-corrected chi connectivity index (χ3v) is 11.0. The monoisotopic (exact) mass is 614 g/mol. The van der Waals surface area contributed by atoms with Crippen molar-refractivity contribution >= 4 is 7.87 Å². The maximum atomic E-state index is 3.04. The third-order valence-electron chi connectivity index (χ3n) is 6.41. The van der Waals surface area contributed by atoms with Crippen LogP contribution in [0.25, 0.3) is 0 Å². The fourth-order valence-corrected chi connectivity index (χ4v) is 11.1. The summed E-state index contributed by atoms with van der Waals surface area (Å²) in [6, 6.07) is 0. The quantitative estimate of drug-likeness (QED) is 0.0784. The predicted molar refractivity (Wildman–Crippen MR) is 154 cm³/mol. The van der Waals surface area contributed by atoms with Gasteiger partial charge in [0.1, 0.15) is 0 Å². The lowest BCUT2D eigenvalue weighted by Crippen LogP contribution is -3.00. The molecule has 34 heavy (non-hydrogen) atoms. The Morgan fingerprint density at radius 3 is 0.853 bits per heavy atom. The Balaban J connectivity index is 0. The lowest BCUT2D eigenvalue weighted by Gasteiger charge is -2.51. The Morgan fingerprint density at radius 1 is 0.324 bits per heavy atom. The van der Waals surface area contributed by atoms with Crippen LogP contribution in [0.1, 0.15) is 132 Å². The van der Waals surface area contributed by atoms with E-state index < -0.39 is 7.87 Å². The summed E-state index contributed by atoms with van der Waals surface area (Å²) in [5.74, 6) is 0. The van der Waals surface area contributed by atoms with E-state index in [1.807, 2.05) is 0 Å². The van der Waals surface area contributed by atoms with Gasteiger partial charge in [0.2, 0.25) is 0 Å². The van der Waals surface area contributed by atoms with Crippen LogP contribution in [-0.2, 0) is 0 Å². The molecule has 0 saturated carbocycles. The Morgan fingerprint density at radius 2 is 0.588 bits per heavy atom. The molecule has 0 amide bonds. The molecule has 0 aliphatic carbocycles. The number of unbranched alkanes of at least 4 members (excludes halogenated alkanes) is 4. The van der Waals surface area contributed by atoms with Crippen molar-refractivity contribution in [2.24, 2.45) is 0 Å². The van der Waals surface area contributed by atoms with Crippen LogP contribution in [0.2, 0.25) is 0 Å². The van der Waals surface area contributed by atoms with Crippen LogP contribution in [0.3, 0.4) is 0 Å². The van der Waals surface area contributed by atoms with Gasteiger partial charge in [-0.05, 0) is 51.4 Å². The summed E-state index contributed by atoms with van der Waals surface area (Å²) in [6.45, 7) is 28.9. The molecule has 0 aromatic rings. The Kier molecular flexibility index (Phi) is 26.6. The fourth-order valence-electron chi connectivity index (χ4n) is 5.30. The maximum absolute atomic E-state index is 3.04. The molecule has 0 fully saturated rings. The minimum atomic E-state index is -1.77. The van der Waals surface area contributed by atoms with E-state index in [-0.39, 0.29) is 24.0 Å². The first-order valence-electron chi connectivity index (χ1n) is 15.0. The molecule has 4 nitrogen and oxygen atoms in total. The molecule has 0 saturated heterocycles. The highest BCUT2D eigenvalue weighted by Crippen LogP contribution is 2.70. The molecule has 0 rings (SSSR count). The normalized spacial score (nSPS) is 12.4. The average molecular weight is 615 g/mol. The van der Waals surface area contributed by atoms with Gasteiger partial charge in [-0.3, -0.25) is 0 Å². The van der Waals surface area contributed by atoms with Crippen LogP contribution in [0, 0.1) is 0 Å². The van der Waals surface area contributed by atoms with E-state index in [1.165, 1.54) is 129 Å². The Hall–Kier alpha value is 1.00. The fraction of sp³-hybridized carbons (Fsp3) is 1.00. The van der Waals surface area contributed by atoms with Crippen molar-refractivity contribution in [3.63, 3.8) is 0 Å². The van der Waals surface area contributed by atoms with Crippen LogP contribution in [0.15, 0.2) is 0 Å². The van der Waals surface area contributed by atoms with Crippen LogP contribution >= 0.6 is 7.87 Å². The molecule has 0 atom stereocenters. The molecule has 208 valence electrons. The predicted octanol–water partition coefficient (Wildman–Crippen LogP) is 5.72. The van der Waals surface area contributed by atoms with Gasteiger partial charge in [0.15, 0.2) is 0 Å². The second-order valence-electron chi connectivity index (χ2n) is 9.77. The zero-order valence-corrected chi connectivity index (χ0v) is 27.8. The second kappa shape index (κ2) is 24.3. The second-order valence-corrected chi connectivity index (χ2v) is 13.1. The molecule has 0 aliphatic rings. The first-order valence-corrected chi connectivity index (χ1v) is 16.6. The van der Waals surface area contributed by atoms with Crippen molar-refractivity contribution in [3.8, 4) is 0 Å². The van der Waals surface area contributed by atoms with Crippen LogP contribution in [0.4, 0.5) is 0 Å². The van der Waals surface area contributed by atoms with Crippen molar-refractivity contribution in [2.75, 3.05) is 52.4 Å². The number of halogens is 1. The zero-order valence-electron chi connectivity index (χ0n) is 24.8. The van der Waals surface area contributed by atoms with Gasteiger partial charge in [-0.15, -0.1) is 18.7 Å². The first kappa shape index (κ1) is 37.2. The minimum absolute atomic E-state index is 0. The SMILES string of the molecule is CCCCCCCN(CCC)[P+](N(CCC)CCC)(N(CCC)CCC)N(CCC)CCC.[I-]. The molecular weight excluding hydrogens is 550 g/mol. The summed E-state index contributed by atoms with van der Waals surface area (Å²) in [5.41, 5.74) is 0. The summed E-state index contributed by atoms with van der Waals surface area (Å²) in [6.07, 6.45) is 15.6. The number of nitrogens with zero attached hydrogens (tertiary/aromatic N) is 4. The summed E-state index contributed by atoms with van der Waals surface area (Å²) in [5, 5.41) is 0. The minimum Gasteiger partial charge on any atom is -1.00 e. The summed E-state index contributed by atoms with van der Waals surface area (Å²) in [7, 11) is -1.77. The van der Waals surface area contributed by atoms with E-state index >= 15 is 0 Å². The summed E-state index contributed by atoms with van der Waals surface area (Å²) in [4.78, 5) is 0. The number of rotatable bonds is 24. The van der Waals surface area contributed by atoms with Gasteiger partial charge >= 0.3 is 7.87 Å². The van der Waals surface area contributed by atoms with E-state index in [2.05, 4.69) is 74.1 Å². The maximum Gasteiger partial charge on any atom is 0.308 e. The Labute approximate surface area is 234 Å². The van der Waals surface area contributed by atoms with Gasteiger partial charge in [0.05, 0.1) is 0 Å². The molecule has 0 bridgehead atoms. The number of hydrogen-bond donors (Lipinski definition) is 0. The van der Waals surface area contributed by atoms with Crippen molar-refractivity contribution < 1.29 is 24.0 Å². The Bertz CT molecular complexity index is 368. The van der Waals surface area contributed by atoms with Gasteiger partial charge in [0, 0.05) is 52.4 Å². The highest BCUT2D eigenvalue weighted by Gasteiger charge is 2.59. The van der Waals surface area contributed by atoms with E-state index in [4.69, 9.17) is 0 Å². The molecule has 0 radical (unpaired) electrons. The molecule has 0 aromatic carbocycles. The van der Waals surface area contributed by atoms with Gasteiger partial charge < -0.3 is 24.0 Å². The standard InChI is InChI=1S/C28H64N4P.HI/c1-9-17-18-19-20-28-32(27-16-8)33(29(21-10-2)22-11-3,30(23-12-4)24-13-5)31(25-14-6)26-15-7;/h9-28H2,1-8H3;1H/q+1;/p-1. The topological polar surface area (TPSA) is 13.0 Å². The van der Waals surface area contributed by atoms with Crippen molar-refractivity contribution in [2.45, 2.75) is 132 Å². The molecule has 0 aromatic heterocycles. The molecule has 6 heteroatoms. The van der Waals surface area contributed by atoms with Gasteiger partial charge in [-0.1, -0.05) is 81.1 Å². The van der Waals surface area contributed by atoms with Gasteiger partial charge in [0.25, 0.3) is 0 Å². The highest BCUT2D eigenvalue weighted by atomic mass is 127. The summed E-state index contributed by atoms with van der Waals surface area (Å²) >= 11 is 0. The lowest BCUT2D eigenvalue weighted by atomic mass is 10.1. The molecule has 0 unspecified atom stereocenters. The van der Waals surface area contributed by atoms with Crippen LogP contribution in [-0.4, -0.2) is 71.0 Å². The lowest BCUT2D eigenvalue weighted by molar-refractivity contribution is -0.00000790. The van der Waals surface area contributed by atoms with Crippen LogP contribution in [0.5, 0.6) is 0 Å². The largest absolute Gasteiger partial charge is 1.00 e. The van der Waals surface area contributed by atoms with Crippen molar-refractivity contribution in [1.29, 1.82) is 0 Å². The van der Waals surface area contributed by atoms with E-state index in [0.29, 0.717) is 0 Å². The highest BCUT2D eigenvalue weighted by molar-refractivity contribution is 7.66. The molecule has 0 spiro atoms. The van der Waals surface area contributed by atoms with Crippen molar-refractivity contribution in [3.05, 3.63) is 0 Å². The average Bonchev–Trinajstić information content (AvgIpc) is 2.80. The van der Waals surface area contributed by atoms with E-state index in [9.17, 15) is 0 Å². The summed E-state index contributed by atoms with van der Waals surface area (Å²) < 4.78 is 12.1.